The van der Waals surface area contributed by atoms with Crippen LogP contribution in [0.4, 0.5) is 0 Å². The van der Waals surface area contributed by atoms with Crippen molar-refractivity contribution in [3.8, 4) is 0 Å². The summed E-state index contributed by atoms with van der Waals surface area (Å²) < 4.78 is 32.6. The molecule has 7 heteroatoms. The predicted molar refractivity (Wildman–Crippen MR) is 175 cm³/mol. The zero-order chi connectivity index (χ0) is 31.4. The molecule has 0 aliphatic carbocycles. The van der Waals surface area contributed by atoms with Gasteiger partial charge in [-0.2, -0.15) is 0 Å². The van der Waals surface area contributed by atoms with Gasteiger partial charge in [0.15, 0.2) is 12.4 Å². The van der Waals surface area contributed by atoms with Crippen molar-refractivity contribution in [3.05, 3.63) is 137 Å². The van der Waals surface area contributed by atoms with Crippen LogP contribution in [0.15, 0.2) is 114 Å². The van der Waals surface area contributed by atoms with E-state index in [9.17, 15) is 4.79 Å². The molecule has 6 nitrogen and oxygen atoms in total. The fourth-order valence-corrected chi connectivity index (χ4v) is 6.83. The van der Waals surface area contributed by atoms with Crippen LogP contribution in [0, 0.1) is 6.92 Å². The molecule has 0 bridgehead atoms. The van der Waals surface area contributed by atoms with Crippen molar-refractivity contribution in [1.29, 1.82) is 0 Å². The fraction of sp³-hybridized carbons (Fsp3) is 0.342. The molecule has 0 saturated carbocycles. The van der Waals surface area contributed by atoms with E-state index in [0.29, 0.717) is 18.8 Å². The Morgan fingerprint density at radius 2 is 1.51 bits per heavy atom. The number of thioether (sulfide) groups is 1. The van der Waals surface area contributed by atoms with Gasteiger partial charge >= 0.3 is 5.97 Å². The van der Waals surface area contributed by atoms with E-state index >= 15 is 0 Å². The smallest absolute Gasteiger partial charge is 0.338 e. The van der Waals surface area contributed by atoms with Gasteiger partial charge in [0.05, 0.1) is 18.8 Å². The summed E-state index contributed by atoms with van der Waals surface area (Å²) in [5, 5.41) is 0. The average molecular weight is 625 g/mol. The number of hydrogen-bond donors (Lipinski definition) is 0. The Morgan fingerprint density at radius 3 is 2.20 bits per heavy atom. The van der Waals surface area contributed by atoms with Gasteiger partial charge in [0, 0.05) is 10.5 Å². The number of carbonyl (C=O) groups excluding carboxylic acids is 1. The highest BCUT2D eigenvalue weighted by Crippen LogP contribution is 2.43. The number of hydrogen-bond acceptors (Lipinski definition) is 7. The maximum absolute atomic E-state index is 13.6. The minimum absolute atomic E-state index is 0.0282. The highest BCUT2D eigenvalue weighted by molar-refractivity contribution is 7.99. The van der Waals surface area contributed by atoms with Crippen LogP contribution in [0.25, 0.3) is 0 Å². The molecular formula is C38H40O6S. The first-order chi connectivity index (χ1) is 21.8. The van der Waals surface area contributed by atoms with Crippen molar-refractivity contribution in [2.45, 2.75) is 80.8 Å². The zero-order valence-electron chi connectivity index (χ0n) is 26.1. The number of carbonyl (C=O) groups is 1. The van der Waals surface area contributed by atoms with Gasteiger partial charge in [-0.25, -0.2) is 4.79 Å². The summed E-state index contributed by atoms with van der Waals surface area (Å²) in [6.07, 6.45) is -2.98. The van der Waals surface area contributed by atoms with Crippen molar-refractivity contribution in [3.63, 3.8) is 0 Å². The Balaban J connectivity index is 1.36. The van der Waals surface area contributed by atoms with E-state index in [1.54, 1.807) is 23.9 Å². The van der Waals surface area contributed by atoms with Crippen molar-refractivity contribution >= 4 is 17.7 Å². The Kier molecular flexibility index (Phi) is 9.73. The summed E-state index contributed by atoms with van der Waals surface area (Å²) in [5.41, 5.74) is 4.11. The largest absolute Gasteiger partial charge is 0.452 e. The molecule has 2 fully saturated rings. The van der Waals surface area contributed by atoms with Crippen molar-refractivity contribution < 1.29 is 28.5 Å². The van der Waals surface area contributed by atoms with Crippen LogP contribution in [0.1, 0.15) is 59.7 Å². The number of ether oxygens (including phenoxy) is 5. The second-order valence-corrected chi connectivity index (χ2v) is 13.7. The summed E-state index contributed by atoms with van der Waals surface area (Å²) in [6.45, 7) is 9.33. The lowest BCUT2D eigenvalue weighted by Crippen LogP contribution is -2.62. The molecule has 0 spiro atoms. The fourth-order valence-electron chi connectivity index (χ4n) is 5.59. The molecule has 6 unspecified atom stereocenters. The number of rotatable bonds is 8. The molecule has 2 aliphatic heterocycles. The van der Waals surface area contributed by atoms with E-state index in [2.05, 4.69) is 45.9 Å². The van der Waals surface area contributed by atoms with Crippen LogP contribution in [0.2, 0.25) is 0 Å². The second-order valence-electron chi connectivity index (χ2n) is 12.6. The molecule has 0 radical (unpaired) electrons. The summed E-state index contributed by atoms with van der Waals surface area (Å²) in [7, 11) is 0. The van der Waals surface area contributed by atoms with Gasteiger partial charge in [0.2, 0.25) is 0 Å². The van der Waals surface area contributed by atoms with Gasteiger partial charge in [0.25, 0.3) is 0 Å². The van der Waals surface area contributed by atoms with Gasteiger partial charge in [-0.3, -0.25) is 0 Å². The van der Waals surface area contributed by atoms with Crippen molar-refractivity contribution in [2.75, 3.05) is 6.61 Å². The summed E-state index contributed by atoms with van der Waals surface area (Å²) in [5.74, 6) is -0.437. The third kappa shape index (κ3) is 7.51. The van der Waals surface area contributed by atoms with E-state index in [1.807, 2.05) is 78.9 Å². The SMILES string of the molecule is Cc1ccc(C(C)(C)C)cc1SC1OC2COC(c3ccccc3)OC2C(OCc2ccccc2)C1OC(=O)c1ccccc1. The Morgan fingerprint density at radius 1 is 0.844 bits per heavy atom. The molecule has 4 aromatic rings. The number of esters is 1. The van der Waals surface area contributed by atoms with E-state index in [4.69, 9.17) is 23.7 Å². The monoisotopic (exact) mass is 624 g/mol. The van der Waals surface area contributed by atoms with Crippen LogP contribution >= 0.6 is 11.8 Å². The summed E-state index contributed by atoms with van der Waals surface area (Å²) >= 11 is 1.55. The molecule has 2 heterocycles. The van der Waals surface area contributed by atoms with Gasteiger partial charge in [-0.1, -0.05) is 124 Å². The molecule has 6 rings (SSSR count). The highest BCUT2D eigenvalue weighted by Gasteiger charge is 2.53. The normalized spacial score (nSPS) is 24.9. The Labute approximate surface area is 270 Å². The molecule has 45 heavy (non-hydrogen) atoms. The molecule has 2 saturated heterocycles. The lowest BCUT2D eigenvalue weighted by Gasteiger charge is -2.48. The average Bonchev–Trinajstić information content (AvgIpc) is 3.06. The summed E-state index contributed by atoms with van der Waals surface area (Å²) in [4.78, 5) is 14.7. The van der Waals surface area contributed by atoms with E-state index in [0.717, 1.165) is 21.6 Å². The van der Waals surface area contributed by atoms with Gasteiger partial charge < -0.3 is 23.7 Å². The first-order valence-corrected chi connectivity index (χ1v) is 16.3. The minimum Gasteiger partial charge on any atom is -0.452 e. The van der Waals surface area contributed by atoms with E-state index in [-0.39, 0.29) is 5.41 Å². The number of benzene rings is 4. The molecule has 234 valence electrons. The lowest BCUT2D eigenvalue weighted by molar-refractivity contribution is -0.324. The minimum atomic E-state index is -0.778. The van der Waals surface area contributed by atoms with E-state index in [1.165, 1.54) is 5.56 Å². The Bertz CT molecular complexity index is 1560. The third-order valence-electron chi connectivity index (χ3n) is 8.19. The maximum atomic E-state index is 13.6. The molecule has 0 N–H and O–H groups in total. The quantitative estimate of drug-likeness (QED) is 0.184. The predicted octanol–water partition coefficient (Wildman–Crippen LogP) is 8.03. The molecule has 0 amide bonds. The van der Waals surface area contributed by atoms with Crippen LogP contribution < -0.4 is 0 Å². The molecule has 4 aromatic carbocycles. The maximum Gasteiger partial charge on any atom is 0.338 e. The van der Waals surface area contributed by atoms with Crippen molar-refractivity contribution in [2.24, 2.45) is 0 Å². The standard InChI is InChI=1S/C38H40O6S/c1-25-20-21-29(38(2,3)4)22-31(25)45-37-34(43-35(39)27-16-10-6-11-17-27)33(40-23-26-14-8-5-9-15-26)32-30(42-37)24-41-36(44-32)28-18-12-7-13-19-28/h5-22,30,32-34,36-37H,23-24H2,1-4H3. The Hall–Kier alpha value is -3.46. The lowest BCUT2D eigenvalue weighted by atomic mass is 9.87. The molecule has 0 aromatic heterocycles. The highest BCUT2D eigenvalue weighted by atomic mass is 32.2. The molecular weight excluding hydrogens is 584 g/mol. The van der Waals surface area contributed by atoms with Crippen molar-refractivity contribution in [1.82, 2.24) is 0 Å². The first kappa shape index (κ1) is 31.5. The van der Waals surface area contributed by atoms with Crippen LogP contribution in [0.3, 0.4) is 0 Å². The topological polar surface area (TPSA) is 63.2 Å². The van der Waals surface area contributed by atoms with Crippen LogP contribution in [-0.4, -0.2) is 42.4 Å². The number of aryl methyl sites for hydroxylation is 1. The second kappa shape index (κ2) is 13.9. The molecule has 2 aliphatic rings. The van der Waals surface area contributed by atoms with Crippen LogP contribution in [-0.2, 0) is 35.7 Å². The van der Waals surface area contributed by atoms with Gasteiger partial charge in [-0.15, -0.1) is 0 Å². The third-order valence-corrected chi connectivity index (χ3v) is 9.50. The molecule has 6 atom stereocenters. The zero-order valence-corrected chi connectivity index (χ0v) is 26.9. The first-order valence-electron chi connectivity index (χ1n) is 15.4. The summed E-state index contributed by atoms with van der Waals surface area (Å²) in [6, 6.07) is 35.4. The van der Waals surface area contributed by atoms with Crippen LogP contribution in [0.5, 0.6) is 0 Å². The van der Waals surface area contributed by atoms with Gasteiger partial charge in [0.1, 0.15) is 23.7 Å². The van der Waals surface area contributed by atoms with E-state index < -0.39 is 42.1 Å². The number of fused-ring (bicyclic) bond motifs is 1. The van der Waals surface area contributed by atoms with Gasteiger partial charge in [-0.05, 0) is 47.2 Å².